The molecule has 0 unspecified atom stereocenters. The van der Waals surface area contributed by atoms with Gasteiger partial charge in [0.2, 0.25) is 5.91 Å². The molecule has 1 amide bonds. The van der Waals surface area contributed by atoms with Crippen LogP contribution in [0.25, 0.3) is 11.0 Å². The number of aromatic hydroxyl groups is 1. The van der Waals surface area contributed by atoms with Gasteiger partial charge >= 0.3 is 0 Å². The van der Waals surface area contributed by atoms with Crippen LogP contribution >= 0.6 is 0 Å². The zero-order chi connectivity index (χ0) is 23.1. The van der Waals surface area contributed by atoms with Gasteiger partial charge in [0, 0.05) is 12.1 Å². The number of aromatic amines is 1. The van der Waals surface area contributed by atoms with E-state index in [1.54, 1.807) is 30.6 Å². The summed E-state index contributed by atoms with van der Waals surface area (Å²) in [6.45, 7) is 7.98. The lowest BCUT2D eigenvalue weighted by Crippen LogP contribution is -2.12. The molecule has 3 aromatic carbocycles. The fourth-order valence-corrected chi connectivity index (χ4v) is 3.47. The molecule has 0 spiro atoms. The molecule has 6 nitrogen and oxygen atoms in total. The molecule has 4 rings (SSSR count). The maximum Gasteiger partial charge on any atom is 0.224 e. The number of carbonyl (C=O) groups is 1. The molecule has 1 heterocycles. The molecule has 0 aliphatic carbocycles. The van der Waals surface area contributed by atoms with Crippen LogP contribution in [0.4, 0.5) is 5.69 Å². The quantitative estimate of drug-likeness (QED) is 0.335. The van der Waals surface area contributed by atoms with Crippen LogP contribution in [0.1, 0.15) is 37.0 Å². The minimum absolute atomic E-state index is 0.0337. The summed E-state index contributed by atoms with van der Waals surface area (Å²) in [7, 11) is 0. The van der Waals surface area contributed by atoms with Crippen LogP contribution in [0.15, 0.2) is 60.9 Å². The van der Waals surface area contributed by atoms with E-state index in [0.29, 0.717) is 18.6 Å². The highest BCUT2D eigenvalue weighted by atomic mass is 16.5. The predicted molar refractivity (Wildman–Crippen MR) is 128 cm³/mol. The summed E-state index contributed by atoms with van der Waals surface area (Å²) < 4.78 is 5.98. The summed E-state index contributed by atoms with van der Waals surface area (Å²) in [6.07, 6.45) is 2.66. The molecule has 3 N–H and O–H groups in total. The van der Waals surface area contributed by atoms with Crippen molar-refractivity contribution in [2.45, 2.75) is 40.5 Å². The predicted octanol–water partition coefficient (Wildman–Crippen LogP) is 6.28. The Hall–Kier alpha value is -3.80. The van der Waals surface area contributed by atoms with E-state index in [9.17, 15) is 9.90 Å². The van der Waals surface area contributed by atoms with E-state index < -0.39 is 0 Å². The van der Waals surface area contributed by atoms with E-state index in [4.69, 9.17) is 4.74 Å². The summed E-state index contributed by atoms with van der Waals surface area (Å²) in [6, 6.07) is 16.4. The number of aryl methyl sites for hydroxylation is 3. The van der Waals surface area contributed by atoms with Crippen molar-refractivity contribution in [1.29, 1.82) is 0 Å². The monoisotopic (exact) mass is 431 g/mol. The number of hydrogen-bond acceptors (Lipinski definition) is 4. The van der Waals surface area contributed by atoms with Crippen molar-refractivity contribution in [3.8, 4) is 17.2 Å². The second-order valence-corrected chi connectivity index (χ2v) is 7.34. The Labute approximate surface area is 188 Å². The van der Waals surface area contributed by atoms with E-state index >= 15 is 0 Å². The van der Waals surface area contributed by atoms with E-state index in [-0.39, 0.29) is 11.7 Å². The average molecular weight is 432 g/mol. The fourth-order valence-electron chi connectivity index (χ4n) is 3.47. The number of H-pyrrole nitrogens is 1. The summed E-state index contributed by atoms with van der Waals surface area (Å²) >= 11 is 0. The van der Waals surface area contributed by atoms with E-state index in [1.807, 2.05) is 58.0 Å². The lowest BCUT2D eigenvalue weighted by molar-refractivity contribution is -0.116. The van der Waals surface area contributed by atoms with Crippen LogP contribution in [-0.2, 0) is 11.2 Å². The molecule has 0 atom stereocenters. The van der Waals surface area contributed by atoms with Gasteiger partial charge < -0.3 is 20.1 Å². The number of carbonyl (C=O) groups excluding carboxylic acids is 1. The van der Waals surface area contributed by atoms with Crippen LogP contribution in [-0.4, -0.2) is 21.0 Å². The largest absolute Gasteiger partial charge is 0.508 e. The van der Waals surface area contributed by atoms with Crippen molar-refractivity contribution in [1.82, 2.24) is 9.97 Å². The Morgan fingerprint density at radius 3 is 2.41 bits per heavy atom. The first kappa shape index (κ1) is 22.9. The molecule has 4 aromatic rings. The number of benzene rings is 3. The molecule has 0 saturated carbocycles. The molecule has 0 bridgehead atoms. The maximum absolute atomic E-state index is 12.4. The van der Waals surface area contributed by atoms with Crippen LogP contribution in [0.5, 0.6) is 17.2 Å². The summed E-state index contributed by atoms with van der Waals surface area (Å²) in [5, 5.41) is 12.3. The van der Waals surface area contributed by atoms with Crippen LogP contribution < -0.4 is 10.1 Å². The first-order valence-corrected chi connectivity index (χ1v) is 10.8. The van der Waals surface area contributed by atoms with Gasteiger partial charge in [-0.1, -0.05) is 26.0 Å². The first-order chi connectivity index (χ1) is 15.5. The minimum atomic E-state index is -0.0337. The number of imidazole rings is 1. The van der Waals surface area contributed by atoms with Gasteiger partial charge in [-0.15, -0.1) is 0 Å². The van der Waals surface area contributed by atoms with Crippen molar-refractivity contribution in [3.05, 3.63) is 77.6 Å². The highest BCUT2D eigenvalue weighted by Crippen LogP contribution is 2.31. The number of phenolic OH excluding ortho intramolecular Hbond substituents is 1. The van der Waals surface area contributed by atoms with Crippen LogP contribution in [0.2, 0.25) is 0 Å². The van der Waals surface area contributed by atoms with Gasteiger partial charge in [-0.25, -0.2) is 4.98 Å². The number of amides is 1. The maximum atomic E-state index is 12.4. The lowest BCUT2D eigenvalue weighted by Gasteiger charge is -2.14. The molecule has 1 aromatic heterocycles. The van der Waals surface area contributed by atoms with Gasteiger partial charge in [0.15, 0.2) is 0 Å². The molecular weight excluding hydrogens is 402 g/mol. The highest BCUT2D eigenvalue weighted by Gasteiger charge is 2.10. The average Bonchev–Trinajstić information content (AvgIpc) is 3.25. The van der Waals surface area contributed by atoms with E-state index in [2.05, 4.69) is 15.3 Å². The number of fused-ring (bicyclic) bond motifs is 1. The molecule has 166 valence electrons. The summed E-state index contributed by atoms with van der Waals surface area (Å²) in [4.78, 5) is 19.6. The lowest BCUT2D eigenvalue weighted by atomic mass is 10.0. The summed E-state index contributed by atoms with van der Waals surface area (Å²) in [5.41, 5.74) is 5.60. The van der Waals surface area contributed by atoms with Gasteiger partial charge in [0.05, 0.1) is 17.4 Å². The van der Waals surface area contributed by atoms with Crippen LogP contribution in [0.3, 0.4) is 0 Å². The van der Waals surface area contributed by atoms with E-state index in [1.165, 1.54) is 0 Å². The number of nitrogens with zero attached hydrogens (tertiary/aromatic N) is 1. The normalized spacial score (nSPS) is 10.4. The molecule has 6 heteroatoms. The molecule has 0 aliphatic heterocycles. The number of hydrogen-bond donors (Lipinski definition) is 3. The van der Waals surface area contributed by atoms with Crippen LogP contribution in [0, 0.1) is 13.8 Å². The van der Waals surface area contributed by atoms with Crippen molar-refractivity contribution in [2.24, 2.45) is 0 Å². The van der Waals surface area contributed by atoms with Gasteiger partial charge in [-0.2, -0.15) is 0 Å². The highest BCUT2D eigenvalue weighted by molar-refractivity contribution is 5.93. The van der Waals surface area contributed by atoms with Crippen molar-refractivity contribution >= 4 is 22.6 Å². The molecule has 0 radical (unpaired) electrons. The Bertz CT molecular complexity index is 1170. The number of aromatic nitrogens is 2. The Morgan fingerprint density at radius 1 is 1.03 bits per heavy atom. The fraction of sp³-hybridized carbons (Fsp3) is 0.231. The minimum Gasteiger partial charge on any atom is -0.508 e. The van der Waals surface area contributed by atoms with Gasteiger partial charge in [-0.3, -0.25) is 4.79 Å². The number of ether oxygens (including phenoxy) is 1. The van der Waals surface area contributed by atoms with Gasteiger partial charge in [-0.05, 0) is 79.4 Å². The number of rotatable bonds is 6. The van der Waals surface area contributed by atoms with Crippen molar-refractivity contribution < 1.29 is 14.6 Å². The molecule has 0 aliphatic rings. The van der Waals surface area contributed by atoms with Gasteiger partial charge in [0.1, 0.15) is 17.2 Å². The smallest absolute Gasteiger partial charge is 0.224 e. The van der Waals surface area contributed by atoms with Crippen molar-refractivity contribution in [2.75, 3.05) is 5.32 Å². The third-order valence-corrected chi connectivity index (χ3v) is 4.92. The van der Waals surface area contributed by atoms with E-state index in [0.717, 1.165) is 39.2 Å². The Morgan fingerprint density at radius 2 is 1.72 bits per heavy atom. The second-order valence-electron chi connectivity index (χ2n) is 7.34. The second kappa shape index (κ2) is 10.5. The molecular formula is C26H29N3O3. The van der Waals surface area contributed by atoms with Crippen molar-refractivity contribution in [3.63, 3.8) is 0 Å². The zero-order valence-electron chi connectivity index (χ0n) is 18.9. The zero-order valence-corrected chi connectivity index (χ0v) is 18.9. The SMILES string of the molecule is CC.Cc1cc(CCC(=O)Nc2ccc3nc[nH]c3c2)cc(C)c1Oc1ccc(O)cc1. The summed E-state index contributed by atoms with van der Waals surface area (Å²) in [5.74, 6) is 1.63. The topological polar surface area (TPSA) is 87.2 Å². The molecule has 32 heavy (non-hydrogen) atoms. The number of anilines is 1. The molecule has 0 fully saturated rings. The number of nitrogens with one attached hydrogen (secondary N) is 2. The Kier molecular flexibility index (Phi) is 7.49. The first-order valence-electron chi connectivity index (χ1n) is 10.8. The van der Waals surface area contributed by atoms with Gasteiger partial charge in [0.25, 0.3) is 0 Å². The Balaban J connectivity index is 0.00000141. The third-order valence-electron chi connectivity index (χ3n) is 4.92. The standard InChI is InChI=1S/C24H23N3O3.C2H6/c1-15-11-17(12-16(2)24(15)30-20-7-5-19(28)6-8-20)3-10-23(29)27-18-4-9-21-22(13-18)26-14-25-21;1-2/h4-9,11-14,28H,3,10H2,1-2H3,(H,25,26)(H,27,29);1-2H3. The number of phenols is 1. The third kappa shape index (κ3) is 5.66. The molecule has 0 saturated heterocycles.